The predicted molar refractivity (Wildman–Crippen MR) is 52.9 cm³/mol. The Hall–Kier alpha value is -2.08. The molecule has 1 aromatic rings. The summed E-state index contributed by atoms with van der Waals surface area (Å²) in [6.07, 6.45) is -0.571. The van der Waals surface area contributed by atoms with Gasteiger partial charge in [0.1, 0.15) is 5.75 Å². The number of rotatable bonds is 1. The highest BCUT2D eigenvalue weighted by molar-refractivity contribution is 6.01. The van der Waals surface area contributed by atoms with E-state index in [2.05, 4.69) is 5.32 Å². The second kappa shape index (κ2) is 3.21. The number of fused-ring (bicyclic) bond motifs is 1. The van der Waals surface area contributed by atoms with Crippen LogP contribution in [0.2, 0.25) is 0 Å². The number of benzene rings is 1. The van der Waals surface area contributed by atoms with Crippen LogP contribution in [0.15, 0.2) is 18.2 Å². The molecule has 0 spiro atoms. The average molecular weight is 223 g/mol. The highest BCUT2D eigenvalue weighted by Crippen LogP contribution is 2.37. The van der Waals surface area contributed by atoms with Gasteiger partial charge in [-0.3, -0.25) is 4.79 Å². The van der Waals surface area contributed by atoms with E-state index in [9.17, 15) is 19.8 Å². The van der Waals surface area contributed by atoms with Crippen LogP contribution in [0.3, 0.4) is 0 Å². The summed E-state index contributed by atoms with van der Waals surface area (Å²) in [6, 6.07) is 3.77. The van der Waals surface area contributed by atoms with Crippen molar-refractivity contribution in [3.63, 3.8) is 0 Å². The van der Waals surface area contributed by atoms with Crippen molar-refractivity contribution in [1.82, 2.24) is 0 Å². The first-order valence-electron chi connectivity index (χ1n) is 4.52. The van der Waals surface area contributed by atoms with Crippen LogP contribution >= 0.6 is 0 Å². The average Bonchev–Trinajstić information content (AvgIpc) is 2.19. The predicted octanol–water partition coefficient (Wildman–Crippen LogP) is 0.00660. The number of phenolic OH excluding ortho intramolecular Hbond substituents is 1. The molecule has 1 atom stereocenters. The smallest absolute Gasteiger partial charge is 0.341 e. The fourth-order valence-electron chi connectivity index (χ4n) is 1.70. The molecule has 0 fully saturated rings. The summed E-state index contributed by atoms with van der Waals surface area (Å²) >= 11 is 0. The van der Waals surface area contributed by atoms with E-state index in [0.717, 1.165) is 6.07 Å². The Morgan fingerprint density at radius 3 is 2.75 bits per heavy atom. The SMILES string of the molecule is O=C1CC(O)(C(=O)O)c2cc(O)ccc2N1. The van der Waals surface area contributed by atoms with Crippen LogP contribution in [0.25, 0.3) is 0 Å². The molecule has 0 saturated carbocycles. The van der Waals surface area contributed by atoms with Gasteiger partial charge in [-0.2, -0.15) is 0 Å². The van der Waals surface area contributed by atoms with Gasteiger partial charge in [0, 0.05) is 11.3 Å². The summed E-state index contributed by atoms with van der Waals surface area (Å²) in [5, 5.41) is 30.5. The molecular weight excluding hydrogens is 214 g/mol. The van der Waals surface area contributed by atoms with Crippen molar-refractivity contribution in [3.05, 3.63) is 23.8 Å². The zero-order valence-electron chi connectivity index (χ0n) is 8.10. The number of carboxylic acid groups (broad SMARTS) is 1. The van der Waals surface area contributed by atoms with Gasteiger partial charge >= 0.3 is 5.97 Å². The maximum absolute atomic E-state index is 11.2. The Bertz CT molecular complexity index is 484. The molecular formula is C10H9NO5. The van der Waals surface area contributed by atoms with Crippen LogP contribution in [-0.2, 0) is 15.2 Å². The van der Waals surface area contributed by atoms with Crippen molar-refractivity contribution in [3.8, 4) is 5.75 Å². The first kappa shape index (κ1) is 10.4. The Kier molecular flexibility index (Phi) is 2.09. The van der Waals surface area contributed by atoms with Crippen LogP contribution in [0.4, 0.5) is 5.69 Å². The van der Waals surface area contributed by atoms with Crippen LogP contribution in [0.1, 0.15) is 12.0 Å². The number of anilines is 1. The topological polar surface area (TPSA) is 107 Å². The van der Waals surface area contributed by atoms with Gasteiger partial charge in [-0.1, -0.05) is 0 Å². The van der Waals surface area contributed by atoms with Gasteiger partial charge in [0.15, 0.2) is 5.60 Å². The van der Waals surface area contributed by atoms with E-state index in [4.69, 9.17) is 5.11 Å². The Balaban J connectivity index is 2.64. The lowest BCUT2D eigenvalue weighted by Gasteiger charge is -2.30. The Labute approximate surface area is 90.1 Å². The number of hydrogen-bond acceptors (Lipinski definition) is 4. The van der Waals surface area contributed by atoms with Gasteiger partial charge in [-0.25, -0.2) is 4.79 Å². The molecule has 4 N–H and O–H groups in total. The lowest BCUT2D eigenvalue weighted by molar-refractivity contribution is -0.162. The van der Waals surface area contributed by atoms with Crippen LogP contribution in [0.5, 0.6) is 5.75 Å². The molecule has 0 aliphatic carbocycles. The third kappa shape index (κ3) is 1.40. The number of nitrogens with one attached hydrogen (secondary N) is 1. The number of aliphatic carboxylic acids is 1. The maximum atomic E-state index is 11.2. The van der Waals surface area contributed by atoms with Crippen molar-refractivity contribution in [1.29, 1.82) is 0 Å². The summed E-state index contributed by atoms with van der Waals surface area (Å²) in [4.78, 5) is 22.2. The van der Waals surface area contributed by atoms with Crippen molar-refractivity contribution in [2.75, 3.05) is 5.32 Å². The van der Waals surface area contributed by atoms with Gasteiger partial charge < -0.3 is 20.6 Å². The van der Waals surface area contributed by atoms with Crippen LogP contribution < -0.4 is 5.32 Å². The number of aromatic hydroxyl groups is 1. The number of carbonyl (C=O) groups excluding carboxylic acids is 1. The summed E-state index contributed by atoms with van der Waals surface area (Å²) in [6.45, 7) is 0. The number of carbonyl (C=O) groups is 2. The molecule has 1 aromatic carbocycles. The number of phenols is 1. The normalized spacial score (nSPS) is 23.4. The van der Waals surface area contributed by atoms with Crippen LogP contribution in [0, 0.1) is 0 Å². The minimum Gasteiger partial charge on any atom is -0.508 e. The van der Waals surface area contributed by atoms with E-state index in [-0.39, 0.29) is 17.0 Å². The molecule has 1 heterocycles. The largest absolute Gasteiger partial charge is 0.508 e. The molecule has 1 amide bonds. The third-order valence-corrected chi connectivity index (χ3v) is 2.49. The van der Waals surface area contributed by atoms with Gasteiger partial charge in [0.2, 0.25) is 5.91 Å². The summed E-state index contributed by atoms with van der Waals surface area (Å²) in [5.74, 6) is -2.27. The Morgan fingerprint density at radius 2 is 2.12 bits per heavy atom. The van der Waals surface area contributed by atoms with Crippen molar-refractivity contribution < 1.29 is 24.9 Å². The summed E-state index contributed by atoms with van der Waals surface area (Å²) < 4.78 is 0. The highest BCUT2D eigenvalue weighted by Gasteiger charge is 2.45. The quantitative estimate of drug-likeness (QED) is 0.501. The summed E-state index contributed by atoms with van der Waals surface area (Å²) in [5.41, 5.74) is -2.10. The number of aliphatic hydroxyl groups is 1. The van der Waals surface area contributed by atoms with E-state index in [0.29, 0.717) is 0 Å². The molecule has 0 bridgehead atoms. The second-order valence-electron chi connectivity index (χ2n) is 3.62. The molecule has 16 heavy (non-hydrogen) atoms. The van der Waals surface area contributed by atoms with Gasteiger partial charge in [-0.15, -0.1) is 0 Å². The molecule has 2 rings (SSSR count). The van der Waals surface area contributed by atoms with Crippen molar-refractivity contribution >= 4 is 17.6 Å². The third-order valence-electron chi connectivity index (χ3n) is 2.49. The zero-order chi connectivity index (χ0) is 11.9. The van der Waals surface area contributed by atoms with Gasteiger partial charge in [0.05, 0.1) is 6.42 Å². The molecule has 0 saturated heterocycles. The van der Waals surface area contributed by atoms with Crippen LogP contribution in [-0.4, -0.2) is 27.2 Å². The first-order valence-corrected chi connectivity index (χ1v) is 4.52. The zero-order valence-corrected chi connectivity index (χ0v) is 8.10. The molecule has 1 aliphatic rings. The van der Waals surface area contributed by atoms with Crippen molar-refractivity contribution in [2.45, 2.75) is 12.0 Å². The van der Waals surface area contributed by atoms with Crippen molar-refractivity contribution in [2.24, 2.45) is 0 Å². The molecule has 84 valence electrons. The van der Waals surface area contributed by atoms with Gasteiger partial charge in [0.25, 0.3) is 0 Å². The molecule has 6 nitrogen and oxygen atoms in total. The van der Waals surface area contributed by atoms with E-state index in [1.807, 2.05) is 0 Å². The minimum atomic E-state index is -2.28. The first-order chi connectivity index (χ1) is 7.43. The minimum absolute atomic E-state index is 0.0143. The fourth-order valence-corrected chi connectivity index (χ4v) is 1.70. The molecule has 1 aliphatic heterocycles. The summed E-state index contributed by atoms with van der Waals surface area (Å²) in [7, 11) is 0. The van der Waals surface area contributed by atoms with E-state index in [1.165, 1.54) is 12.1 Å². The highest BCUT2D eigenvalue weighted by atomic mass is 16.4. The monoisotopic (exact) mass is 223 g/mol. The van der Waals surface area contributed by atoms with E-state index >= 15 is 0 Å². The Morgan fingerprint density at radius 1 is 1.44 bits per heavy atom. The number of carboxylic acids is 1. The molecule has 6 heteroatoms. The number of amides is 1. The van der Waals surface area contributed by atoms with Gasteiger partial charge in [-0.05, 0) is 18.2 Å². The lowest BCUT2D eigenvalue weighted by Crippen LogP contribution is -2.43. The lowest BCUT2D eigenvalue weighted by atomic mass is 9.86. The molecule has 0 aromatic heterocycles. The van der Waals surface area contributed by atoms with E-state index < -0.39 is 23.9 Å². The molecule has 0 radical (unpaired) electrons. The standard InChI is InChI=1S/C10H9NO5/c12-5-1-2-7-6(3-5)10(16,9(14)15)4-8(13)11-7/h1-3,12,16H,4H2,(H,11,13)(H,14,15). The fraction of sp³-hybridized carbons (Fsp3) is 0.200. The second-order valence-corrected chi connectivity index (χ2v) is 3.62. The van der Waals surface area contributed by atoms with E-state index in [1.54, 1.807) is 0 Å². The number of hydrogen-bond donors (Lipinski definition) is 4. The molecule has 1 unspecified atom stereocenters. The maximum Gasteiger partial charge on any atom is 0.341 e.